The highest BCUT2D eigenvalue weighted by Crippen LogP contribution is 2.15. The first-order chi connectivity index (χ1) is 9.70. The van der Waals surface area contributed by atoms with Crippen molar-refractivity contribution in [1.29, 1.82) is 0 Å². The Balaban J connectivity index is 1.86. The van der Waals surface area contributed by atoms with Gasteiger partial charge >= 0.3 is 0 Å². The van der Waals surface area contributed by atoms with Gasteiger partial charge in [-0.3, -0.25) is 4.79 Å². The molecule has 0 fully saturated rings. The highest BCUT2D eigenvalue weighted by Gasteiger charge is 2.08. The molecule has 2 rings (SSSR count). The number of carbonyl (C=O) groups is 1. The van der Waals surface area contributed by atoms with Crippen LogP contribution in [0.5, 0.6) is 0 Å². The number of amides is 1. The molecule has 2 aromatic heterocycles. The lowest BCUT2D eigenvalue weighted by Gasteiger charge is -2.03. The molecule has 0 saturated carbocycles. The average Bonchev–Trinajstić information content (AvgIpc) is 3.06. The van der Waals surface area contributed by atoms with E-state index >= 15 is 0 Å². The number of imidazole rings is 1. The third-order valence-corrected chi connectivity index (χ3v) is 3.70. The van der Waals surface area contributed by atoms with Crippen LogP contribution in [0.4, 0.5) is 0 Å². The number of aryl methyl sites for hydroxylation is 1. The van der Waals surface area contributed by atoms with Gasteiger partial charge in [0.05, 0.1) is 16.3 Å². The minimum atomic E-state index is -0.0787. The van der Waals surface area contributed by atoms with Gasteiger partial charge in [0.2, 0.25) is 0 Å². The van der Waals surface area contributed by atoms with Gasteiger partial charge in [-0.15, -0.1) is 11.3 Å². The molecular weight excluding hydrogens is 272 g/mol. The highest BCUT2D eigenvalue weighted by molar-refractivity contribution is 7.14. The summed E-state index contributed by atoms with van der Waals surface area (Å²) in [7, 11) is 1.94. The predicted octanol–water partition coefficient (Wildman–Crippen LogP) is 0.764. The Morgan fingerprint density at radius 1 is 1.55 bits per heavy atom. The number of rotatable bonds is 4. The minimum Gasteiger partial charge on any atom is -0.351 e. The van der Waals surface area contributed by atoms with Crippen LogP contribution in [0.2, 0.25) is 0 Å². The Morgan fingerprint density at radius 2 is 2.40 bits per heavy atom. The lowest BCUT2D eigenvalue weighted by atomic mass is 10.3. The van der Waals surface area contributed by atoms with Crippen molar-refractivity contribution in [2.45, 2.75) is 6.42 Å². The maximum Gasteiger partial charge on any atom is 0.261 e. The molecule has 0 spiro atoms. The second kappa shape index (κ2) is 6.89. The predicted molar refractivity (Wildman–Crippen MR) is 79.5 cm³/mol. The van der Waals surface area contributed by atoms with E-state index in [0.29, 0.717) is 24.4 Å². The zero-order valence-corrected chi connectivity index (χ0v) is 12.0. The summed E-state index contributed by atoms with van der Waals surface area (Å²) in [4.78, 5) is 17.7. The topological polar surface area (TPSA) is 72.9 Å². The fourth-order valence-electron chi connectivity index (χ4n) is 1.68. The van der Waals surface area contributed by atoms with E-state index in [4.69, 9.17) is 5.73 Å². The van der Waals surface area contributed by atoms with E-state index in [1.54, 1.807) is 12.3 Å². The normalized spacial score (nSPS) is 9.90. The summed E-state index contributed by atoms with van der Waals surface area (Å²) in [6, 6.07) is 3.61. The molecule has 6 heteroatoms. The molecule has 2 heterocycles. The molecule has 5 nitrogen and oxygen atoms in total. The van der Waals surface area contributed by atoms with Crippen molar-refractivity contribution < 1.29 is 4.79 Å². The third-order valence-electron chi connectivity index (χ3n) is 2.70. The van der Waals surface area contributed by atoms with Crippen LogP contribution < -0.4 is 11.1 Å². The van der Waals surface area contributed by atoms with Crippen molar-refractivity contribution >= 4 is 17.2 Å². The molecular formula is C14H16N4OS. The van der Waals surface area contributed by atoms with Gasteiger partial charge in [0.25, 0.3) is 5.91 Å². The maximum absolute atomic E-state index is 11.9. The Morgan fingerprint density at radius 3 is 3.10 bits per heavy atom. The minimum absolute atomic E-state index is 0.0787. The van der Waals surface area contributed by atoms with Gasteiger partial charge in [-0.25, -0.2) is 4.98 Å². The van der Waals surface area contributed by atoms with Crippen molar-refractivity contribution in [2.75, 3.05) is 13.1 Å². The smallest absolute Gasteiger partial charge is 0.261 e. The van der Waals surface area contributed by atoms with Crippen LogP contribution in [0.1, 0.15) is 20.4 Å². The quantitative estimate of drug-likeness (QED) is 0.816. The van der Waals surface area contributed by atoms with Crippen molar-refractivity contribution in [3.05, 3.63) is 40.1 Å². The monoisotopic (exact) mass is 288 g/mol. The van der Waals surface area contributed by atoms with Crippen LogP contribution in [0.25, 0.3) is 0 Å². The molecule has 0 unspecified atom stereocenters. The lowest BCUT2D eigenvalue weighted by Crippen LogP contribution is -2.25. The van der Waals surface area contributed by atoms with Gasteiger partial charge in [0.1, 0.15) is 5.82 Å². The zero-order valence-electron chi connectivity index (χ0n) is 11.2. The molecule has 0 aromatic carbocycles. The maximum atomic E-state index is 11.9. The molecule has 0 atom stereocenters. The fourth-order valence-corrected chi connectivity index (χ4v) is 2.47. The number of hydrogen-bond acceptors (Lipinski definition) is 4. The Kier molecular flexibility index (Phi) is 4.93. The second-order valence-corrected chi connectivity index (χ2v) is 5.21. The van der Waals surface area contributed by atoms with Crippen LogP contribution in [0, 0.1) is 11.8 Å². The van der Waals surface area contributed by atoms with Gasteiger partial charge < -0.3 is 15.6 Å². The van der Waals surface area contributed by atoms with Gasteiger partial charge in [-0.1, -0.05) is 11.8 Å². The SMILES string of the molecule is Cn1ccnc1CCNC(=O)c1ccc(C#CCN)s1. The Bertz CT molecular complexity index is 647. The summed E-state index contributed by atoms with van der Waals surface area (Å²) < 4.78 is 1.94. The number of aromatic nitrogens is 2. The van der Waals surface area contributed by atoms with Crippen molar-refractivity contribution in [3.8, 4) is 11.8 Å². The standard InChI is InChI=1S/C14H16N4OS/c1-18-10-9-16-13(18)6-8-17-14(19)12-5-4-11(20-12)3-2-7-15/h4-5,9-10H,6-8,15H2,1H3,(H,17,19). The molecule has 3 N–H and O–H groups in total. The summed E-state index contributed by atoms with van der Waals surface area (Å²) in [6.45, 7) is 0.883. The summed E-state index contributed by atoms with van der Waals surface area (Å²) in [6.07, 6.45) is 4.35. The van der Waals surface area contributed by atoms with Gasteiger partial charge in [0, 0.05) is 32.4 Å². The molecule has 0 saturated heterocycles. The van der Waals surface area contributed by atoms with Crippen molar-refractivity contribution in [1.82, 2.24) is 14.9 Å². The van der Waals surface area contributed by atoms with Crippen molar-refractivity contribution in [2.24, 2.45) is 12.8 Å². The van der Waals surface area contributed by atoms with E-state index < -0.39 is 0 Å². The van der Waals surface area contributed by atoms with E-state index in [0.717, 1.165) is 10.7 Å². The summed E-state index contributed by atoms with van der Waals surface area (Å²) >= 11 is 1.37. The largest absolute Gasteiger partial charge is 0.351 e. The van der Waals surface area contributed by atoms with E-state index in [1.165, 1.54) is 11.3 Å². The second-order valence-electron chi connectivity index (χ2n) is 4.13. The zero-order chi connectivity index (χ0) is 14.4. The molecule has 20 heavy (non-hydrogen) atoms. The molecule has 0 aliphatic heterocycles. The first-order valence-corrected chi connectivity index (χ1v) is 7.05. The molecule has 0 aliphatic rings. The number of carbonyl (C=O) groups excluding carboxylic acids is 1. The number of nitrogens with two attached hydrogens (primary N) is 1. The van der Waals surface area contributed by atoms with Gasteiger partial charge in [0.15, 0.2) is 0 Å². The average molecular weight is 288 g/mol. The first kappa shape index (κ1) is 14.3. The van der Waals surface area contributed by atoms with Crippen LogP contribution in [0.15, 0.2) is 24.5 Å². The molecule has 104 valence electrons. The van der Waals surface area contributed by atoms with Crippen LogP contribution >= 0.6 is 11.3 Å². The fraction of sp³-hybridized carbons (Fsp3) is 0.286. The lowest BCUT2D eigenvalue weighted by molar-refractivity contribution is 0.0958. The van der Waals surface area contributed by atoms with E-state index in [-0.39, 0.29) is 5.91 Å². The summed E-state index contributed by atoms with van der Waals surface area (Å²) in [5.74, 6) is 6.56. The molecule has 1 amide bonds. The molecule has 0 aliphatic carbocycles. The Hall–Kier alpha value is -2.10. The number of thiophene rings is 1. The van der Waals surface area contributed by atoms with Crippen LogP contribution in [0.3, 0.4) is 0 Å². The number of hydrogen-bond donors (Lipinski definition) is 2. The third kappa shape index (κ3) is 3.70. The van der Waals surface area contributed by atoms with Gasteiger partial charge in [-0.05, 0) is 12.1 Å². The molecule has 2 aromatic rings. The van der Waals surface area contributed by atoms with Crippen molar-refractivity contribution in [3.63, 3.8) is 0 Å². The summed E-state index contributed by atoms with van der Waals surface area (Å²) in [5, 5.41) is 2.88. The summed E-state index contributed by atoms with van der Waals surface area (Å²) in [5.41, 5.74) is 5.31. The molecule has 0 radical (unpaired) electrons. The van der Waals surface area contributed by atoms with Crippen LogP contribution in [-0.2, 0) is 13.5 Å². The molecule has 0 bridgehead atoms. The highest BCUT2D eigenvalue weighted by atomic mass is 32.1. The van der Waals surface area contributed by atoms with E-state index in [9.17, 15) is 4.79 Å². The van der Waals surface area contributed by atoms with E-state index in [2.05, 4.69) is 22.1 Å². The van der Waals surface area contributed by atoms with E-state index in [1.807, 2.05) is 23.9 Å². The Labute approximate surface area is 121 Å². The number of nitrogens with zero attached hydrogens (tertiary/aromatic N) is 2. The first-order valence-electron chi connectivity index (χ1n) is 6.24. The number of nitrogens with one attached hydrogen (secondary N) is 1. The van der Waals surface area contributed by atoms with Crippen LogP contribution in [-0.4, -0.2) is 28.5 Å². The van der Waals surface area contributed by atoms with Gasteiger partial charge in [-0.2, -0.15) is 0 Å².